The van der Waals surface area contributed by atoms with Crippen LogP contribution in [0.15, 0.2) is 42.5 Å². The van der Waals surface area contributed by atoms with E-state index in [1.54, 1.807) is 0 Å². The van der Waals surface area contributed by atoms with E-state index in [4.69, 9.17) is 0 Å². The summed E-state index contributed by atoms with van der Waals surface area (Å²) in [5.41, 5.74) is 6.75. The van der Waals surface area contributed by atoms with E-state index < -0.39 is 0 Å². The van der Waals surface area contributed by atoms with Gasteiger partial charge in [0.15, 0.2) is 0 Å². The first-order valence-corrected chi connectivity index (χ1v) is 6.97. The lowest BCUT2D eigenvalue weighted by Gasteiger charge is -2.16. The van der Waals surface area contributed by atoms with Crippen LogP contribution in [-0.4, -0.2) is 0 Å². The molecule has 0 spiro atoms. The molecule has 1 heteroatoms. The van der Waals surface area contributed by atoms with Gasteiger partial charge in [-0.25, -0.2) is 0 Å². The lowest BCUT2D eigenvalue weighted by atomic mass is 10.00. The first kappa shape index (κ1) is 13.7. The predicted molar refractivity (Wildman–Crippen MR) is 83.8 cm³/mol. The van der Waals surface area contributed by atoms with Crippen molar-refractivity contribution in [2.75, 3.05) is 5.32 Å². The number of para-hydroxylation sites is 1. The minimum absolute atomic E-state index is 0.543. The summed E-state index contributed by atoms with van der Waals surface area (Å²) in [6.07, 6.45) is 0. The van der Waals surface area contributed by atoms with Gasteiger partial charge in [-0.2, -0.15) is 0 Å². The molecule has 0 aromatic heterocycles. The predicted octanol–water partition coefficient (Wildman–Crippen LogP) is 5.04. The standard InChI is InChI=1S/C18H23N/c1-13(2)16-10-5-6-11-18(16)19-12-17-14(3)8-7-9-15(17)4/h5-11,13,19H,12H2,1-4H3. The Kier molecular flexibility index (Phi) is 4.26. The van der Waals surface area contributed by atoms with Gasteiger partial charge in [-0.05, 0) is 48.1 Å². The molecule has 0 unspecified atom stereocenters. The Morgan fingerprint density at radius 2 is 1.53 bits per heavy atom. The normalized spacial score (nSPS) is 10.8. The van der Waals surface area contributed by atoms with Crippen molar-refractivity contribution < 1.29 is 0 Å². The Hall–Kier alpha value is -1.76. The largest absolute Gasteiger partial charge is 0.381 e. The van der Waals surface area contributed by atoms with Crippen molar-refractivity contribution in [2.45, 2.75) is 40.2 Å². The fraction of sp³-hybridized carbons (Fsp3) is 0.333. The Labute approximate surface area is 116 Å². The second-order valence-electron chi connectivity index (χ2n) is 5.47. The molecule has 0 saturated carbocycles. The summed E-state index contributed by atoms with van der Waals surface area (Å²) >= 11 is 0. The van der Waals surface area contributed by atoms with Crippen LogP contribution < -0.4 is 5.32 Å². The van der Waals surface area contributed by atoms with E-state index in [0.717, 1.165) is 6.54 Å². The van der Waals surface area contributed by atoms with Crippen molar-refractivity contribution in [2.24, 2.45) is 0 Å². The number of nitrogens with one attached hydrogen (secondary N) is 1. The quantitative estimate of drug-likeness (QED) is 0.805. The Bertz CT molecular complexity index is 535. The number of hydrogen-bond donors (Lipinski definition) is 1. The van der Waals surface area contributed by atoms with Crippen molar-refractivity contribution in [1.29, 1.82) is 0 Å². The Morgan fingerprint density at radius 1 is 0.895 bits per heavy atom. The molecule has 0 saturated heterocycles. The van der Waals surface area contributed by atoms with E-state index in [0.29, 0.717) is 5.92 Å². The zero-order valence-corrected chi connectivity index (χ0v) is 12.3. The van der Waals surface area contributed by atoms with E-state index in [1.165, 1.54) is 27.9 Å². The summed E-state index contributed by atoms with van der Waals surface area (Å²) in [7, 11) is 0. The highest BCUT2D eigenvalue weighted by Gasteiger charge is 2.07. The number of hydrogen-bond acceptors (Lipinski definition) is 1. The Morgan fingerprint density at radius 3 is 2.16 bits per heavy atom. The minimum Gasteiger partial charge on any atom is -0.381 e. The zero-order chi connectivity index (χ0) is 13.8. The van der Waals surface area contributed by atoms with Crippen LogP contribution in [0.1, 0.15) is 42.0 Å². The molecule has 0 amide bonds. The summed E-state index contributed by atoms with van der Waals surface area (Å²) in [6.45, 7) is 9.72. The smallest absolute Gasteiger partial charge is 0.0406 e. The molecule has 2 aromatic carbocycles. The number of aryl methyl sites for hydroxylation is 2. The molecule has 1 nitrogen and oxygen atoms in total. The van der Waals surface area contributed by atoms with Gasteiger partial charge in [-0.3, -0.25) is 0 Å². The summed E-state index contributed by atoms with van der Waals surface area (Å²) in [5.74, 6) is 0.543. The van der Waals surface area contributed by atoms with Gasteiger partial charge in [0.25, 0.3) is 0 Å². The molecular formula is C18H23N. The van der Waals surface area contributed by atoms with Crippen LogP contribution in [0, 0.1) is 13.8 Å². The fourth-order valence-corrected chi connectivity index (χ4v) is 2.47. The molecule has 0 aliphatic carbocycles. The van der Waals surface area contributed by atoms with Crippen molar-refractivity contribution >= 4 is 5.69 Å². The third kappa shape index (κ3) is 3.17. The maximum atomic E-state index is 3.59. The average Bonchev–Trinajstić information content (AvgIpc) is 2.38. The third-order valence-corrected chi connectivity index (χ3v) is 3.68. The molecule has 1 N–H and O–H groups in total. The van der Waals surface area contributed by atoms with E-state index >= 15 is 0 Å². The van der Waals surface area contributed by atoms with Gasteiger partial charge in [-0.1, -0.05) is 50.2 Å². The van der Waals surface area contributed by atoms with Crippen molar-refractivity contribution in [3.05, 3.63) is 64.7 Å². The number of benzene rings is 2. The monoisotopic (exact) mass is 253 g/mol. The van der Waals surface area contributed by atoms with Crippen LogP contribution in [0.4, 0.5) is 5.69 Å². The second-order valence-corrected chi connectivity index (χ2v) is 5.47. The molecular weight excluding hydrogens is 230 g/mol. The molecule has 0 aliphatic heterocycles. The van der Waals surface area contributed by atoms with E-state index in [2.05, 4.69) is 75.5 Å². The molecule has 0 radical (unpaired) electrons. The molecule has 2 aromatic rings. The molecule has 0 bridgehead atoms. The summed E-state index contributed by atoms with van der Waals surface area (Å²) in [6, 6.07) is 15.1. The highest BCUT2D eigenvalue weighted by atomic mass is 14.9. The minimum atomic E-state index is 0.543. The molecule has 0 heterocycles. The van der Waals surface area contributed by atoms with E-state index in [9.17, 15) is 0 Å². The van der Waals surface area contributed by atoms with Gasteiger partial charge in [0.05, 0.1) is 0 Å². The van der Waals surface area contributed by atoms with E-state index in [-0.39, 0.29) is 0 Å². The fourth-order valence-electron chi connectivity index (χ4n) is 2.47. The van der Waals surface area contributed by atoms with Gasteiger partial charge in [0.1, 0.15) is 0 Å². The summed E-state index contributed by atoms with van der Waals surface area (Å²) in [4.78, 5) is 0. The van der Waals surface area contributed by atoms with Crippen LogP contribution in [0.2, 0.25) is 0 Å². The van der Waals surface area contributed by atoms with Gasteiger partial charge < -0.3 is 5.32 Å². The SMILES string of the molecule is Cc1cccc(C)c1CNc1ccccc1C(C)C. The lowest BCUT2D eigenvalue weighted by Crippen LogP contribution is -2.06. The first-order valence-electron chi connectivity index (χ1n) is 6.97. The maximum absolute atomic E-state index is 3.59. The van der Waals surface area contributed by atoms with Gasteiger partial charge >= 0.3 is 0 Å². The Balaban J connectivity index is 2.19. The number of anilines is 1. The van der Waals surface area contributed by atoms with Crippen molar-refractivity contribution in [3.8, 4) is 0 Å². The van der Waals surface area contributed by atoms with Crippen LogP contribution in [0.25, 0.3) is 0 Å². The molecule has 0 aliphatic rings. The highest BCUT2D eigenvalue weighted by Crippen LogP contribution is 2.25. The molecule has 0 fully saturated rings. The molecule has 0 atom stereocenters. The van der Waals surface area contributed by atoms with Gasteiger partial charge in [0, 0.05) is 12.2 Å². The van der Waals surface area contributed by atoms with E-state index in [1.807, 2.05) is 0 Å². The van der Waals surface area contributed by atoms with Crippen LogP contribution in [-0.2, 0) is 6.54 Å². The van der Waals surface area contributed by atoms with Crippen molar-refractivity contribution in [3.63, 3.8) is 0 Å². The van der Waals surface area contributed by atoms with Crippen molar-refractivity contribution in [1.82, 2.24) is 0 Å². The second kappa shape index (κ2) is 5.92. The first-order chi connectivity index (χ1) is 9.09. The van der Waals surface area contributed by atoms with Crippen LogP contribution >= 0.6 is 0 Å². The van der Waals surface area contributed by atoms with Gasteiger partial charge in [0.2, 0.25) is 0 Å². The van der Waals surface area contributed by atoms with Crippen LogP contribution in [0.3, 0.4) is 0 Å². The highest BCUT2D eigenvalue weighted by molar-refractivity contribution is 5.53. The third-order valence-electron chi connectivity index (χ3n) is 3.68. The molecule has 19 heavy (non-hydrogen) atoms. The topological polar surface area (TPSA) is 12.0 Å². The maximum Gasteiger partial charge on any atom is 0.0406 e. The average molecular weight is 253 g/mol. The van der Waals surface area contributed by atoms with Gasteiger partial charge in [-0.15, -0.1) is 0 Å². The summed E-state index contributed by atoms with van der Waals surface area (Å²) in [5, 5.41) is 3.59. The molecule has 2 rings (SSSR count). The number of rotatable bonds is 4. The zero-order valence-electron chi connectivity index (χ0n) is 12.3. The summed E-state index contributed by atoms with van der Waals surface area (Å²) < 4.78 is 0. The molecule has 100 valence electrons. The lowest BCUT2D eigenvalue weighted by molar-refractivity contribution is 0.865. The van der Waals surface area contributed by atoms with Crippen LogP contribution in [0.5, 0.6) is 0 Å².